The Hall–Kier alpha value is 5.44. The Kier molecular flexibility index (Phi) is 24.3. The lowest BCUT2D eigenvalue weighted by Gasteiger charge is -2.51. The third kappa shape index (κ3) is 14.9. The maximum atomic E-state index is 11.3. The normalized spacial score (nSPS) is 47.9. The molecule has 6 rings (SSSR count). The smallest absolute Gasteiger partial charge is 0.269 e. The van der Waals surface area contributed by atoms with E-state index < -0.39 is 12.8 Å². The van der Waals surface area contributed by atoms with Crippen molar-refractivity contribution in [1.29, 1.82) is 0 Å². The lowest BCUT2D eigenvalue weighted by atomic mass is 9.60. The van der Waals surface area contributed by atoms with Gasteiger partial charge in [-0.1, -0.05) is 233 Å². The Labute approximate surface area is 508 Å². The van der Waals surface area contributed by atoms with E-state index in [1.165, 1.54) is 0 Å². The number of hydrogen-bond acceptors (Lipinski definition) is 8. The van der Waals surface area contributed by atoms with Crippen LogP contribution in [-0.2, 0) is 18.9 Å². The predicted octanol–water partition coefficient (Wildman–Crippen LogP) is 14.5. The molecule has 0 aromatic rings. The van der Waals surface area contributed by atoms with Gasteiger partial charge in [-0.15, -0.1) is 0 Å². The highest BCUT2D eigenvalue weighted by Crippen LogP contribution is 2.56. The van der Waals surface area contributed by atoms with Gasteiger partial charge in [-0.25, -0.2) is 0 Å². The zero-order chi connectivity index (χ0) is 50.5. The highest BCUT2D eigenvalue weighted by atomic mass is 79.9. The van der Waals surface area contributed by atoms with E-state index in [-0.39, 0.29) is 117 Å². The second-order valence-electron chi connectivity index (χ2n) is 23.0. The van der Waals surface area contributed by atoms with E-state index in [1.54, 1.807) is 0 Å². The van der Waals surface area contributed by atoms with Gasteiger partial charge in [0.05, 0.1) is 43.2 Å². The highest BCUT2D eigenvalue weighted by molar-refractivity contribution is 9.11. The molecule has 0 aromatic heterocycles. The molecule has 6 aliphatic rings. The molecule has 0 aliphatic heterocycles. The molecular weight excluding hydrogens is 1660 g/mol. The molecule has 4 N–H and O–H groups in total. The lowest BCUT2D eigenvalue weighted by Crippen LogP contribution is -2.52. The van der Waals surface area contributed by atoms with E-state index in [0.29, 0.717) is 35.5 Å². The Balaban J connectivity index is 0.944. The van der Waals surface area contributed by atoms with E-state index >= 15 is 0 Å². The van der Waals surface area contributed by atoms with Crippen LogP contribution >= 0.6 is 191 Å². The summed E-state index contributed by atoms with van der Waals surface area (Å²) in [5.74, 6) is 2.61. The van der Waals surface area contributed by atoms with Crippen molar-refractivity contribution in [2.24, 2.45) is 51.8 Å². The van der Waals surface area contributed by atoms with Gasteiger partial charge >= 0.3 is 0 Å². The van der Waals surface area contributed by atoms with Crippen LogP contribution in [0.5, 0.6) is 0 Å². The predicted molar refractivity (Wildman–Crippen MR) is 319 cm³/mol. The monoisotopic (exact) mass is 1730 g/mol. The van der Waals surface area contributed by atoms with Crippen LogP contribution in [-0.4, -0.2) is 134 Å². The van der Waals surface area contributed by atoms with Crippen LogP contribution in [0.4, 0.5) is 0 Å². The summed E-state index contributed by atoms with van der Waals surface area (Å²) < 4.78 is 25.4. The fourth-order valence-corrected chi connectivity index (χ4v) is 26.3. The van der Waals surface area contributed by atoms with Crippen molar-refractivity contribution in [3.8, 4) is 0 Å². The van der Waals surface area contributed by atoms with Crippen molar-refractivity contribution in [3.05, 3.63) is 0 Å². The van der Waals surface area contributed by atoms with Gasteiger partial charge in [0.15, 0.2) is 6.29 Å². The number of aliphatic hydroxyl groups excluding tert-OH is 4. The van der Waals surface area contributed by atoms with Crippen LogP contribution in [0.25, 0.3) is 0 Å². The molecule has 0 spiro atoms. The van der Waals surface area contributed by atoms with Crippen LogP contribution < -0.4 is 0 Å². The molecule has 8 nitrogen and oxygen atoms in total. The largest absolute Gasteiger partial charge is 0.391 e. The minimum absolute atomic E-state index is 0.00191. The number of halogens is 12. The Bertz CT molecular complexity index is 1540. The summed E-state index contributed by atoms with van der Waals surface area (Å²) in [6.45, 7) is 13.0. The summed E-state index contributed by atoms with van der Waals surface area (Å²) in [4.78, 5) is 0.757. The quantitative estimate of drug-likeness (QED) is 0.0946. The fourth-order valence-electron chi connectivity index (χ4n) is 12.9. The second kappa shape index (κ2) is 26.4. The second-order valence-corrected chi connectivity index (χ2v) is 37.1. The Morgan fingerprint density at radius 2 is 0.559 bits per heavy atom. The SMILES string of the molecule is CC(C)(C1CC(Br)C(O)C(Br)C1)C1CC(Br)C(OC(O)COC2C(Br)CC(C(C)(C)C3CC(Br)C(OC(O)OC4C(Br)CC(C(C)(C)C5CC(Br)C(O)C(Br)C5)CC4Br)C(Br)C3)CC2Br)C(Br)C1. The van der Waals surface area contributed by atoms with Crippen LogP contribution in [0.2, 0.25) is 0 Å². The van der Waals surface area contributed by atoms with Gasteiger partial charge in [0.25, 0.3) is 6.48 Å². The number of hydrogen-bond donors (Lipinski definition) is 4. The molecule has 6 aliphatic carbocycles. The van der Waals surface area contributed by atoms with Gasteiger partial charge in [-0.2, -0.15) is 0 Å². The van der Waals surface area contributed by atoms with Gasteiger partial charge in [0.1, 0.15) is 0 Å². The van der Waals surface area contributed by atoms with Gasteiger partial charge in [0.2, 0.25) is 0 Å². The van der Waals surface area contributed by atoms with Crippen LogP contribution in [0.1, 0.15) is 119 Å². The first kappa shape index (κ1) is 62.6. The van der Waals surface area contributed by atoms with E-state index in [9.17, 15) is 20.4 Å². The van der Waals surface area contributed by atoms with Crippen LogP contribution in [0, 0.1) is 51.8 Å². The topological polar surface area (TPSA) is 118 Å². The minimum Gasteiger partial charge on any atom is -0.391 e. The highest BCUT2D eigenvalue weighted by Gasteiger charge is 2.53. The zero-order valence-electron chi connectivity index (χ0n) is 39.7. The number of alkyl halides is 12. The molecule has 0 saturated heterocycles. The van der Waals surface area contributed by atoms with Crippen molar-refractivity contribution in [2.75, 3.05) is 6.61 Å². The maximum absolute atomic E-state index is 11.3. The van der Waals surface area contributed by atoms with Crippen molar-refractivity contribution < 1.29 is 39.4 Å². The molecule has 0 amide bonds. The number of rotatable bonds is 15. The first-order valence-electron chi connectivity index (χ1n) is 24.5. The molecule has 20 heteroatoms. The third-order valence-electron chi connectivity index (χ3n) is 18.1. The van der Waals surface area contributed by atoms with Crippen molar-refractivity contribution >= 4 is 191 Å². The third-order valence-corrected chi connectivity index (χ3v) is 28.9. The van der Waals surface area contributed by atoms with Crippen molar-refractivity contribution in [2.45, 2.75) is 226 Å². The molecular formula is C48H74Br12O8. The van der Waals surface area contributed by atoms with Gasteiger partial charge < -0.3 is 39.4 Å². The number of ether oxygens (including phenoxy) is 4. The molecule has 14 atom stereocenters. The molecule has 14 unspecified atom stereocenters. The van der Waals surface area contributed by atoms with E-state index in [4.69, 9.17) is 18.9 Å². The Morgan fingerprint density at radius 1 is 0.353 bits per heavy atom. The minimum atomic E-state index is -1.37. The lowest BCUT2D eigenvalue weighted by molar-refractivity contribution is -0.301. The molecule has 0 bridgehead atoms. The summed E-state index contributed by atoms with van der Waals surface area (Å²) in [6.07, 6.45) is 8.50. The van der Waals surface area contributed by atoms with Gasteiger partial charge in [-0.3, -0.25) is 0 Å². The molecule has 6 saturated carbocycles. The first-order valence-corrected chi connectivity index (χ1v) is 35.5. The Morgan fingerprint density at radius 3 is 0.809 bits per heavy atom. The van der Waals surface area contributed by atoms with E-state index in [2.05, 4.69) is 233 Å². The van der Waals surface area contributed by atoms with Crippen molar-refractivity contribution in [1.82, 2.24) is 0 Å². The van der Waals surface area contributed by atoms with E-state index in [1.807, 2.05) is 0 Å². The molecule has 398 valence electrons. The van der Waals surface area contributed by atoms with E-state index in [0.717, 1.165) is 77.0 Å². The van der Waals surface area contributed by atoms with Gasteiger partial charge in [0, 0.05) is 57.9 Å². The first-order chi connectivity index (χ1) is 31.5. The standard InChI is InChI=1S/C48H74Br12O8/c1-46(2,20-7-26(49)39(62)27(50)8-20)23-13-32(55)42(33(56)14-23)66-38(61)19-65-41-30(53)11-22(12-31(41)54)48(5,6)25-17-36(59)44(37(60)18-25)68-45(64)67-43-34(57)15-24(16-35(43)58)47(3,4)21-9-28(51)40(63)29(52)10-21/h20-45,61-64H,7-19H2,1-6H3. The molecule has 0 heterocycles. The van der Waals surface area contributed by atoms with Gasteiger partial charge in [-0.05, 0) is 129 Å². The summed E-state index contributed by atoms with van der Waals surface area (Å²) >= 11 is 46.9. The molecule has 68 heavy (non-hydrogen) atoms. The van der Waals surface area contributed by atoms with Crippen LogP contribution in [0.15, 0.2) is 0 Å². The summed E-state index contributed by atoms with van der Waals surface area (Å²) in [7, 11) is 0. The molecule has 0 aromatic carbocycles. The molecule has 6 fully saturated rings. The average Bonchev–Trinajstić information content (AvgIpc) is 3.24. The molecule has 0 radical (unpaired) electrons. The maximum Gasteiger partial charge on any atom is 0.269 e. The number of aliphatic hydroxyl groups is 4. The zero-order valence-corrected chi connectivity index (χ0v) is 58.7. The summed E-state index contributed by atoms with van der Waals surface area (Å²) in [5.41, 5.74) is 0.118. The average molecular weight is 1740 g/mol. The van der Waals surface area contributed by atoms with Crippen LogP contribution in [0.3, 0.4) is 0 Å². The summed E-state index contributed by atoms with van der Waals surface area (Å²) in [6, 6.07) is 0. The fraction of sp³-hybridized carbons (Fsp3) is 1.00. The summed E-state index contributed by atoms with van der Waals surface area (Å²) in [5, 5.41) is 43.6. The van der Waals surface area contributed by atoms with Crippen molar-refractivity contribution in [3.63, 3.8) is 0 Å².